The van der Waals surface area contributed by atoms with E-state index in [0.717, 1.165) is 11.1 Å². The van der Waals surface area contributed by atoms with Gasteiger partial charge < -0.3 is 15.4 Å². The lowest BCUT2D eigenvalue weighted by Crippen LogP contribution is -2.20. The molecule has 0 radical (unpaired) electrons. The van der Waals surface area contributed by atoms with Gasteiger partial charge in [0, 0.05) is 26.4 Å². The molecule has 0 unspecified atom stereocenters. The Bertz CT molecular complexity index is 1370. The maximum Gasteiger partial charge on any atom is 0.266 e. The molecule has 3 aromatic rings. The molecule has 0 saturated heterocycles. The highest BCUT2D eigenvalue weighted by Crippen LogP contribution is 2.34. The first-order chi connectivity index (χ1) is 16.7. The molecule has 6 nitrogen and oxygen atoms in total. The summed E-state index contributed by atoms with van der Waals surface area (Å²) in [7, 11) is 0. The fourth-order valence-electron chi connectivity index (χ4n) is 3.07. The molecule has 0 atom stereocenters. The van der Waals surface area contributed by atoms with Crippen molar-refractivity contribution >= 4 is 72.7 Å². The number of hydrogen-bond acceptors (Lipinski definition) is 4. The van der Waals surface area contributed by atoms with Crippen LogP contribution in [0.15, 0.2) is 69.1 Å². The quantitative estimate of drug-likeness (QED) is 0.220. The van der Waals surface area contributed by atoms with E-state index < -0.39 is 11.8 Å². The summed E-state index contributed by atoms with van der Waals surface area (Å²) in [4.78, 5) is 25.2. The van der Waals surface area contributed by atoms with E-state index in [9.17, 15) is 14.9 Å². The fourth-order valence-corrected chi connectivity index (χ4v) is 4.62. The van der Waals surface area contributed by atoms with Gasteiger partial charge in [-0.05, 0) is 83.4 Å². The first-order valence-electron chi connectivity index (χ1n) is 10.3. The van der Waals surface area contributed by atoms with E-state index in [0.29, 0.717) is 36.7 Å². The van der Waals surface area contributed by atoms with Crippen molar-refractivity contribution in [3.63, 3.8) is 0 Å². The van der Waals surface area contributed by atoms with Crippen LogP contribution in [0.5, 0.6) is 5.75 Å². The molecule has 2 amide bonds. The fraction of sp³-hybridized carbons (Fsp3) is 0.115. The van der Waals surface area contributed by atoms with Crippen molar-refractivity contribution in [2.45, 2.75) is 13.8 Å². The number of aryl methyl sites for hydroxylation is 2. The zero-order chi connectivity index (χ0) is 25.5. The highest BCUT2D eigenvalue weighted by atomic mass is 79.9. The van der Waals surface area contributed by atoms with Gasteiger partial charge in [0.1, 0.15) is 17.4 Å². The summed E-state index contributed by atoms with van der Waals surface area (Å²) in [5.74, 6) is -0.650. The third-order valence-electron chi connectivity index (χ3n) is 4.78. The number of amides is 2. The van der Waals surface area contributed by atoms with Crippen molar-refractivity contribution in [1.82, 2.24) is 0 Å². The Kier molecular flexibility index (Phi) is 9.10. The number of ether oxygens (including phenoxy) is 1. The number of carbonyl (C=O) groups is 2. The number of benzene rings is 3. The van der Waals surface area contributed by atoms with Gasteiger partial charge in [-0.3, -0.25) is 9.59 Å². The molecule has 0 aliphatic rings. The lowest BCUT2D eigenvalue weighted by molar-refractivity contribution is -0.118. The van der Waals surface area contributed by atoms with Gasteiger partial charge in [0.25, 0.3) is 11.8 Å². The van der Waals surface area contributed by atoms with Crippen LogP contribution in [-0.2, 0) is 9.59 Å². The molecule has 0 saturated carbocycles. The lowest BCUT2D eigenvalue weighted by atomic mass is 10.1. The molecular formula is C26H20Br2ClN3O3. The summed E-state index contributed by atoms with van der Waals surface area (Å²) < 4.78 is 7.01. The highest BCUT2D eigenvalue weighted by molar-refractivity contribution is 9.11. The van der Waals surface area contributed by atoms with Crippen LogP contribution in [0.3, 0.4) is 0 Å². The van der Waals surface area contributed by atoms with E-state index in [2.05, 4.69) is 42.5 Å². The Morgan fingerprint density at radius 3 is 2.49 bits per heavy atom. The molecule has 178 valence electrons. The summed E-state index contributed by atoms with van der Waals surface area (Å²) in [6, 6.07) is 17.8. The number of carbonyl (C=O) groups excluding carboxylic acids is 2. The smallest absolute Gasteiger partial charge is 0.266 e. The molecule has 0 bridgehead atoms. The van der Waals surface area contributed by atoms with Crippen LogP contribution >= 0.6 is 43.5 Å². The molecule has 0 fully saturated rings. The summed E-state index contributed by atoms with van der Waals surface area (Å²) in [6.07, 6.45) is 1.41. The maximum absolute atomic E-state index is 12.7. The Hall–Kier alpha value is -3.12. The van der Waals surface area contributed by atoms with Crippen LogP contribution < -0.4 is 15.4 Å². The molecular weight excluding hydrogens is 598 g/mol. The van der Waals surface area contributed by atoms with Gasteiger partial charge >= 0.3 is 0 Å². The third kappa shape index (κ3) is 7.43. The van der Waals surface area contributed by atoms with E-state index in [1.807, 2.05) is 32.0 Å². The first kappa shape index (κ1) is 26.5. The van der Waals surface area contributed by atoms with Crippen molar-refractivity contribution < 1.29 is 14.3 Å². The SMILES string of the molecule is Cc1cccc(NC(=O)/C(C#N)=C/c2cc(Br)cc(Br)c2OCC(=O)Nc2ccc(C)c(Cl)c2)c1. The van der Waals surface area contributed by atoms with Gasteiger partial charge in [0.2, 0.25) is 0 Å². The monoisotopic (exact) mass is 615 g/mol. The number of anilines is 2. The number of hydrogen-bond donors (Lipinski definition) is 2. The Morgan fingerprint density at radius 1 is 1.06 bits per heavy atom. The second-order valence-corrected chi connectivity index (χ2v) is 9.78. The maximum atomic E-state index is 12.7. The van der Waals surface area contributed by atoms with E-state index in [-0.39, 0.29) is 12.2 Å². The Balaban J connectivity index is 1.80. The van der Waals surface area contributed by atoms with Crippen molar-refractivity contribution in [2.75, 3.05) is 17.2 Å². The zero-order valence-electron chi connectivity index (χ0n) is 18.8. The van der Waals surface area contributed by atoms with Gasteiger partial charge in [-0.15, -0.1) is 0 Å². The van der Waals surface area contributed by atoms with Crippen LogP contribution in [-0.4, -0.2) is 18.4 Å². The van der Waals surface area contributed by atoms with Crippen LogP contribution in [0.25, 0.3) is 6.08 Å². The third-order valence-corrected chi connectivity index (χ3v) is 6.24. The van der Waals surface area contributed by atoms with Gasteiger partial charge in [0.15, 0.2) is 6.61 Å². The Morgan fingerprint density at radius 2 is 1.80 bits per heavy atom. The minimum absolute atomic E-state index is 0.125. The first-order valence-corrected chi connectivity index (χ1v) is 12.3. The molecule has 2 N–H and O–H groups in total. The minimum Gasteiger partial charge on any atom is -0.482 e. The predicted octanol–water partition coefficient (Wildman–Crippen LogP) is 7.05. The number of nitrogens with one attached hydrogen (secondary N) is 2. The summed E-state index contributed by atoms with van der Waals surface area (Å²) >= 11 is 12.9. The van der Waals surface area contributed by atoms with Gasteiger partial charge in [-0.25, -0.2) is 0 Å². The van der Waals surface area contributed by atoms with Crippen molar-refractivity contribution in [2.24, 2.45) is 0 Å². The topological polar surface area (TPSA) is 91.2 Å². The molecule has 0 aromatic heterocycles. The number of nitrogens with zero attached hydrogens (tertiary/aromatic N) is 1. The van der Waals surface area contributed by atoms with E-state index in [1.165, 1.54) is 6.08 Å². The summed E-state index contributed by atoms with van der Waals surface area (Å²) in [5, 5.41) is 15.6. The van der Waals surface area contributed by atoms with Crippen LogP contribution in [0.4, 0.5) is 11.4 Å². The number of nitriles is 1. The number of rotatable bonds is 7. The molecule has 3 aromatic carbocycles. The van der Waals surface area contributed by atoms with Gasteiger partial charge in [-0.2, -0.15) is 5.26 Å². The second-order valence-electron chi connectivity index (χ2n) is 7.60. The minimum atomic E-state index is -0.561. The normalized spacial score (nSPS) is 10.9. The van der Waals surface area contributed by atoms with Crippen LogP contribution in [0.2, 0.25) is 5.02 Å². The lowest BCUT2D eigenvalue weighted by Gasteiger charge is -2.13. The second kappa shape index (κ2) is 12.0. The van der Waals surface area contributed by atoms with Gasteiger partial charge in [-0.1, -0.05) is 45.7 Å². The van der Waals surface area contributed by atoms with E-state index in [1.54, 1.807) is 42.5 Å². The van der Waals surface area contributed by atoms with Gasteiger partial charge in [0.05, 0.1) is 4.47 Å². The summed E-state index contributed by atoms with van der Waals surface area (Å²) in [5.41, 5.74) is 3.31. The van der Waals surface area contributed by atoms with Crippen molar-refractivity contribution in [1.29, 1.82) is 5.26 Å². The largest absolute Gasteiger partial charge is 0.482 e. The van der Waals surface area contributed by atoms with Crippen LogP contribution in [0, 0.1) is 25.2 Å². The molecule has 0 spiro atoms. The standard InChI is InChI=1S/C26H20Br2ClN3O3/c1-15-4-3-5-20(8-15)32-26(34)18(13-30)9-17-10-19(27)11-22(28)25(17)35-14-24(33)31-21-7-6-16(2)23(29)12-21/h3-12H,14H2,1-2H3,(H,31,33)(H,32,34)/b18-9+. The molecule has 9 heteroatoms. The number of halogens is 3. The van der Waals surface area contributed by atoms with Crippen molar-refractivity contribution in [3.8, 4) is 11.8 Å². The highest BCUT2D eigenvalue weighted by Gasteiger charge is 2.16. The summed E-state index contributed by atoms with van der Waals surface area (Å²) in [6.45, 7) is 3.47. The van der Waals surface area contributed by atoms with E-state index in [4.69, 9.17) is 16.3 Å². The molecule has 0 aliphatic carbocycles. The molecule has 0 aliphatic heterocycles. The molecule has 0 heterocycles. The predicted molar refractivity (Wildman–Crippen MR) is 146 cm³/mol. The molecule has 3 rings (SSSR count). The molecule has 35 heavy (non-hydrogen) atoms. The zero-order valence-corrected chi connectivity index (χ0v) is 22.7. The average Bonchev–Trinajstić information content (AvgIpc) is 2.79. The van der Waals surface area contributed by atoms with Crippen molar-refractivity contribution in [3.05, 3.63) is 90.8 Å². The van der Waals surface area contributed by atoms with E-state index >= 15 is 0 Å². The Labute approximate surface area is 225 Å². The average molecular weight is 618 g/mol. The van der Waals surface area contributed by atoms with Crippen LogP contribution in [0.1, 0.15) is 16.7 Å².